The molecule has 0 saturated heterocycles. The van der Waals surface area contributed by atoms with E-state index < -0.39 is 0 Å². The molecule has 0 amide bonds. The molecule has 0 aliphatic heterocycles. The van der Waals surface area contributed by atoms with Crippen molar-refractivity contribution in [2.75, 3.05) is 0 Å². The molecule has 4 heteroatoms. The first-order chi connectivity index (χ1) is 7.65. The number of rotatable bonds is 2. The van der Waals surface area contributed by atoms with Crippen LogP contribution >= 0.6 is 39.3 Å². The number of hydrogen-bond donors (Lipinski definition) is 1. The Hall–Kier alpha value is -0.640. The van der Waals surface area contributed by atoms with E-state index in [1.165, 1.54) is 0 Å². The number of benzene rings is 2. The Morgan fingerprint density at radius 3 is 2.25 bits per heavy atom. The summed E-state index contributed by atoms with van der Waals surface area (Å²) in [5.41, 5.74) is 0. The highest BCUT2D eigenvalue weighted by Gasteiger charge is 2.02. The zero-order chi connectivity index (χ0) is 11.5. The van der Waals surface area contributed by atoms with Crippen LogP contribution in [0.2, 0.25) is 5.02 Å². The van der Waals surface area contributed by atoms with E-state index in [0.29, 0.717) is 5.02 Å². The van der Waals surface area contributed by atoms with Crippen LogP contribution in [0.3, 0.4) is 0 Å². The molecule has 0 aliphatic carbocycles. The molecule has 16 heavy (non-hydrogen) atoms. The molecule has 0 heterocycles. The fourth-order valence-electron chi connectivity index (χ4n) is 1.19. The van der Waals surface area contributed by atoms with Crippen LogP contribution in [0.25, 0.3) is 0 Å². The minimum atomic E-state index is 0.115. The Kier molecular flexibility index (Phi) is 3.79. The summed E-state index contributed by atoms with van der Waals surface area (Å²) < 4.78 is 1.05. The van der Waals surface area contributed by atoms with Crippen molar-refractivity contribution in [2.45, 2.75) is 9.79 Å². The topological polar surface area (TPSA) is 20.2 Å². The Morgan fingerprint density at radius 2 is 1.62 bits per heavy atom. The summed E-state index contributed by atoms with van der Waals surface area (Å²) >= 11 is 10.7. The molecule has 82 valence electrons. The zero-order valence-electron chi connectivity index (χ0n) is 8.15. The van der Waals surface area contributed by atoms with Crippen LogP contribution in [-0.2, 0) is 0 Å². The van der Waals surface area contributed by atoms with E-state index in [2.05, 4.69) is 15.9 Å². The maximum absolute atomic E-state index is 9.47. The molecule has 1 N–H and O–H groups in total. The van der Waals surface area contributed by atoms with Crippen molar-refractivity contribution < 1.29 is 5.11 Å². The Bertz CT molecular complexity index is 499. The van der Waals surface area contributed by atoms with Gasteiger partial charge in [-0.3, -0.25) is 0 Å². The lowest BCUT2D eigenvalue weighted by Gasteiger charge is -2.03. The fraction of sp³-hybridized carbons (Fsp3) is 0. The molecular weight excluding hydrogens is 308 g/mol. The molecule has 2 aromatic carbocycles. The van der Waals surface area contributed by atoms with Gasteiger partial charge in [-0.1, -0.05) is 39.3 Å². The van der Waals surface area contributed by atoms with Crippen molar-refractivity contribution in [3.63, 3.8) is 0 Å². The van der Waals surface area contributed by atoms with Crippen LogP contribution in [-0.4, -0.2) is 5.11 Å². The standard InChI is InChI=1S/C12H8BrClOS/c13-8-1-3-9(4-2-8)16-10-5-6-11(14)12(15)7-10/h1-7,15H. The first-order valence-electron chi connectivity index (χ1n) is 4.57. The smallest absolute Gasteiger partial charge is 0.135 e. The minimum absolute atomic E-state index is 0.115. The third-order valence-electron chi connectivity index (χ3n) is 1.97. The maximum Gasteiger partial charge on any atom is 0.135 e. The van der Waals surface area contributed by atoms with Crippen molar-refractivity contribution in [3.8, 4) is 5.75 Å². The van der Waals surface area contributed by atoms with Gasteiger partial charge in [-0.25, -0.2) is 0 Å². The van der Waals surface area contributed by atoms with Crippen molar-refractivity contribution in [2.24, 2.45) is 0 Å². The number of hydrogen-bond acceptors (Lipinski definition) is 2. The molecule has 2 aromatic rings. The second-order valence-corrected chi connectivity index (χ2v) is 5.64. The Balaban J connectivity index is 2.20. The van der Waals surface area contributed by atoms with Crippen molar-refractivity contribution in [1.29, 1.82) is 0 Å². The molecular formula is C12H8BrClOS. The molecule has 0 aliphatic rings. The van der Waals surface area contributed by atoms with Crippen molar-refractivity contribution in [1.82, 2.24) is 0 Å². The number of phenols is 1. The van der Waals surface area contributed by atoms with Gasteiger partial charge in [-0.05, 0) is 42.5 Å². The van der Waals surface area contributed by atoms with Crippen molar-refractivity contribution >= 4 is 39.3 Å². The minimum Gasteiger partial charge on any atom is -0.506 e. The molecule has 0 saturated carbocycles. The van der Waals surface area contributed by atoms with Gasteiger partial charge in [0.25, 0.3) is 0 Å². The number of phenolic OH excluding ortho intramolecular Hbond substituents is 1. The SMILES string of the molecule is Oc1cc(Sc2ccc(Br)cc2)ccc1Cl. The van der Waals surface area contributed by atoms with Gasteiger partial charge >= 0.3 is 0 Å². The van der Waals surface area contributed by atoms with Crippen LogP contribution in [0, 0.1) is 0 Å². The van der Waals surface area contributed by atoms with Gasteiger partial charge in [-0.2, -0.15) is 0 Å². The van der Waals surface area contributed by atoms with E-state index >= 15 is 0 Å². The molecule has 0 bridgehead atoms. The second-order valence-electron chi connectivity index (χ2n) is 3.17. The van der Waals surface area contributed by atoms with Gasteiger partial charge in [0, 0.05) is 14.3 Å². The second kappa shape index (κ2) is 5.13. The van der Waals surface area contributed by atoms with E-state index in [9.17, 15) is 5.11 Å². The lowest BCUT2D eigenvalue weighted by atomic mass is 10.3. The van der Waals surface area contributed by atoms with E-state index in [4.69, 9.17) is 11.6 Å². The first kappa shape index (κ1) is 11.8. The Morgan fingerprint density at radius 1 is 1.00 bits per heavy atom. The predicted octanol–water partition coefficient (Wildman–Crippen LogP) is 4.96. The van der Waals surface area contributed by atoms with Gasteiger partial charge in [-0.15, -0.1) is 0 Å². The van der Waals surface area contributed by atoms with E-state index in [-0.39, 0.29) is 5.75 Å². The summed E-state index contributed by atoms with van der Waals surface area (Å²) in [5.74, 6) is 0.115. The molecule has 0 spiro atoms. The normalized spacial score (nSPS) is 10.4. The lowest BCUT2D eigenvalue weighted by Crippen LogP contribution is -1.75. The molecule has 0 radical (unpaired) electrons. The van der Waals surface area contributed by atoms with Crippen LogP contribution in [0.1, 0.15) is 0 Å². The monoisotopic (exact) mass is 314 g/mol. The molecule has 0 aromatic heterocycles. The highest BCUT2D eigenvalue weighted by atomic mass is 79.9. The molecule has 0 atom stereocenters. The third-order valence-corrected chi connectivity index (χ3v) is 3.81. The molecule has 0 unspecified atom stereocenters. The van der Waals surface area contributed by atoms with E-state index in [1.807, 2.05) is 30.3 Å². The molecule has 2 rings (SSSR count). The van der Waals surface area contributed by atoms with E-state index in [0.717, 1.165) is 14.3 Å². The summed E-state index contributed by atoms with van der Waals surface area (Å²) in [6, 6.07) is 13.2. The average Bonchev–Trinajstić information content (AvgIpc) is 2.27. The predicted molar refractivity (Wildman–Crippen MR) is 71.4 cm³/mol. The largest absolute Gasteiger partial charge is 0.506 e. The van der Waals surface area contributed by atoms with E-state index in [1.54, 1.807) is 23.9 Å². The van der Waals surface area contributed by atoms with Crippen molar-refractivity contribution in [3.05, 3.63) is 52.0 Å². The average molecular weight is 316 g/mol. The third kappa shape index (κ3) is 2.94. The quantitative estimate of drug-likeness (QED) is 0.845. The van der Waals surface area contributed by atoms with Gasteiger partial charge in [0.1, 0.15) is 5.75 Å². The maximum atomic E-state index is 9.47. The first-order valence-corrected chi connectivity index (χ1v) is 6.56. The zero-order valence-corrected chi connectivity index (χ0v) is 11.3. The Labute approximate surface area is 112 Å². The highest BCUT2D eigenvalue weighted by molar-refractivity contribution is 9.10. The summed E-state index contributed by atoms with van der Waals surface area (Å²) in [6.07, 6.45) is 0. The van der Waals surface area contributed by atoms with Crippen LogP contribution in [0.4, 0.5) is 0 Å². The van der Waals surface area contributed by atoms with Gasteiger partial charge in [0.2, 0.25) is 0 Å². The number of aromatic hydroxyl groups is 1. The summed E-state index contributed by atoms with van der Waals surface area (Å²) in [7, 11) is 0. The molecule has 0 fully saturated rings. The fourth-order valence-corrected chi connectivity index (χ4v) is 2.43. The van der Waals surface area contributed by atoms with Gasteiger partial charge in [0.15, 0.2) is 0 Å². The molecule has 1 nitrogen and oxygen atoms in total. The summed E-state index contributed by atoms with van der Waals surface area (Å²) in [6.45, 7) is 0. The van der Waals surface area contributed by atoms with Crippen LogP contribution in [0.5, 0.6) is 5.75 Å². The highest BCUT2D eigenvalue weighted by Crippen LogP contribution is 2.33. The lowest BCUT2D eigenvalue weighted by molar-refractivity contribution is 0.474. The van der Waals surface area contributed by atoms with Gasteiger partial charge < -0.3 is 5.11 Å². The number of halogens is 2. The van der Waals surface area contributed by atoms with Crippen LogP contribution < -0.4 is 0 Å². The summed E-state index contributed by atoms with van der Waals surface area (Å²) in [5, 5.41) is 9.84. The van der Waals surface area contributed by atoms with Crippen LogP contribution in [0.15, 0.2) is 56.7 Å². The van der Waals surface area contributed by atoms with Gasteiger partial charge in [0.05, 0.1) is 5.02 Å². The summed E-state index contributed by atoms with van der Waals surface area (Å²) in [4.78, 5) is 2.08.